The van der Waals surface area contributed by atoms with Crippen LogP contribution in [0.15, 0.2) is 58.1 Å². The molecule has 2 aromatic carbocycles. The number of non-ortho nitro benzene ring substituents is 2. The van der Waals surface area contributed by atoms with Gasteiger partial charge in [-0.15, -0.1) is 0 Å². The largest absolute Gasteiger partial charge is 0.352 e. The van der Waals surface area contributed by atoms with Crippen molar-refractivity contribution in [1.29, 1.82) is 0 Å². The third-order valence-electron chi connectivity index (χ3n) is 4.54. The minimum Gasteiger partial charge on any atom is -0.293 e. The lowest BCUT2D eigenvalue weighted by atomic mass is 10.1. The van der Waals surface area contributed by atoms with Crippen LogP contribution in [0.25, 0.3) is 28.0 Å². The molecule has 144 valence electrons. The number of aromatic nitrogens is 3. The Morgan fingerprint density at radius 3 is 2.31 bits per heavy atom. The molecule has 0 bridgehead atoms. The van der Waals surface area contributed by atoms with Gasteiger partial charge in [-0.2, -0.15) is 4.98 Å². The van der Waals surface area contributed by atoms with Crippen LogP contribution in [0, 0.1) is 20.2 Å². The highest BCUT2D eigenvalue weighted by molar-refractivity contribution is 5.89. The van der Waals surface area contributed by atoms with Crippen molar-refractivity contribution >= 4 is 22.3 Å². The van der Waals surface area contributed by atoms with Gasteiger partial charge in [-0.25, -0.2) is 4.79 Å². The average molecular weight is 393 g/mol. The standard InChI is InChI=1S/C18H11N5O6/c1-20-17(24)14-8-10-7-13(23(28)29)5-6-15(10)21(16(14)19-18(20)25)11-3-2-4-12(9-11)22(26)27/h2-9H,1H3. The second-order valence-corrected chi connectivity index (χ2v) is 6.25. The van der Waals surface area contributed by atoms with Gasteiger partial charge in [-0.05, 0) is 18.2 Å². The minimum atomic E-state index is -0.789. The highest BCUT2D eigenvalue weighted by Crippen LogP contribution is 2.31. The Kier molecular flexibility index (Phi) is 3.93. The Bertz CT molecular complexity index is 1420. The SMILES string of the molecule is Cn1c(=O)nc2n(-c3cccc([N+](=O)[O-])c3)c3ccc([N+](=O)[O-])cc3cc-2c1=O. The molecular formula is C18H11N5O6. The lowest BCUT2D eigenvalue weighted by molar-refractivity contribution is -0.385. The van der Waals surface area contributed by atoms with Gasteiger partial charge in [0.2, 0.25) is 0 Å². The van der Waals surface area contributed by atoms with E-state index in [0.29, 0.717) is 10.9 Å². The molecule has 0 radical (unpaired) electrons. The predicted octanol–water partition coefficient (Wildman–Crippen LogP) is 2.01. The zero-order valence-electron chi connectivity index (χ0n) is 14.8. The molecule has 2 aliphatic rings. The maximum Gasteiger partial charge on any atom is 0.352 e. The van der Waals surface area contributed by atoms with Crippen molar-refractivity contribution in [3.8, 4) is 17.1 Å². The molecule has 0 N–H and O–H groups in total. The van der Waals surface area contributed by atoms with E-state index in [1.165, 1.54) is 54.1 Å². The molecule has 0 saturated heterocycles. The van der Waals surface area contributed by atoms with E-state index in [1.54, 1.807) is 6.07 Å². The molecule has 0 aromatic heterocycles. The Balaban J connectivity index is 2.21. The van der Waals surface area contributed by atoms with Crippen LogP contribution < -0.4 is 11.2 Å². The molecule has 0 unspecified atom stereocenters. The second-order valence-electron chi connectivity index (χ2n) is 6.25. The van der Waals surface area contributed by atoms with Gasteiger partial charge in [0.25, 0.3) is 16.9 Å². The molecule has 0 fully saturated rings. The fourth-order valence-electron chi connectivity index (χ4n) is 3.14. The smallest absolute Gasteiger partial charge is 0.293 e. The van der Waals surface area contributed by atoms with Crippen LogP contribution in [0.3, 0.4) is 0 Å². The topological polar surface area (TPSA) is 143 Å². The van der Waals surface area contributed by atoms with Gasteiger partial charge in [0.1, 0.15) is 0 Å². The summed E-state index contributed by atoms with van der Waals surface area (Å²) in [4.78, 5) is 49.9. The van der Waals surface area contributed by atoms with Crippen molar-refractivity contribution in [2.75, 3.05) is 0 Å². The van der Waals surface area contributed by atoms with Gasteiger partial charge in [-0.3, -0.25) is 34.2 Å². The zero-order chi connectivity index (χ0) is 20.9. The lowest BCUT2D eigenvalue weighted by Crippen LogP contribution is -2.35. The number of nitrogens with zero attached hydrogens (tertiary/aromatic N) is 5. The predicted molar refractivity (Wildman–Crippen MR) is 103 cm³/mol. The van der Waals surface area contributed by atoms with Crippen molar-refractivity contribution in [2.45, 2.75) is 0 Å². The van der Waals surface area contributed by atoms with Gasteiger partial charge in [0.15, 0.2) is 5.82 Å². The molecule has 4 rings (SSSR count). The van der Waals surface area contributed by atoms with E-state index in [9.17, 15) is 29.8 Å². The normalized spacial score (nSPS) is 11.1. The minimum absolute atomic E-state index is 0.0000454. The van der Waals surface area contributed by atoms with Crippen LogP contribution >= 0.6 is 0 Å². The van der Waals surface area contributed by atoms with Crippen LogP contribution in [0.5, 0.6) is 0 Å². The summed E-state index contributed by atoms with van der Waals surface area (Å²) in [6.45, 7) is 0. The summed E-state index contributed by atoms with van der Waals surface area (Å²) in [5.74, 6) is -0.0000454. The van der Waals surface area contributed by atoms with Gasteiger partial charge >= 0.3 is 5.69 Å². The first-order valence-electron chi connectivity index (χ1n) is 8.23. The Hall–Kier alpha value is -4.41. The quantitative estimate of drug-likeness (QED) is 0.294. The molecule has 0 saturated carbocycles. The zero-order valence-corrected chi connectivity index (χ0v) is 14.8. The fraction of sp³-hybridized carbons (Fsp3) is 0.0556. The van der Waals surface area contributed by atoms with E-state index in [1.807, 2.05) is 0 Å². The summed E-state index contributed by atoms with van der Waals surface area (Å²) in [5, 5.41) is 22.7. The van der Waals surface area contributed by atoms with Gasteiger partial charge in [-0.1, -0.05) is 6.07 Å². The monoisotopic (exact) mass is 393 g/mol. The summed E-state index contributed by atoms with van der Waals surface area (Å²) in [6.07, 6.45) is 0. The first-order chi connectivity index (χ1) is 13.8. The van der Waals surface area contributed by atoms with Gasteiger partial charge in [0, 0.05) is 36.7 Å². The highest BCUT2D eigenvalue weighted by Gasteiger charge is 2.22. The summed E-state index contributed by atoms with van der Waals surface area (Å²) in [5.41, 5.74) is -1.09. The van der Waals surface area contributed by atoms with Crippen molar-refractivity contribution in [1.82, 2.24) is 14.1 Å². The van der Waals surface area contributed by atoms with E-state index >= 15 is 0 Å². The fourth-order valence-corrected chi connectivity index (χ4v) is 3.14. The summed E-state index contributed by atoms with van der Waals surface area (Å²) in [7, 11) is 1.27. The third-order valence-corrected chi connectivity index (χ3v) is 4.54. The van der Waals surface area contributed by atoms with Crippen LogP contribution in [-0.4, -0.2) is 24.0 Å². The molecule has 2 aliphatic heterocycles. The van der Waals surface area contributed by atoms with Crippen molar-refractivity contribution in [3.05, 3.63) is 89.6 Å². The Labute approximate surface area is 160 Å². The Morgan fingerprint density at radius 1 is 0.931 bits per heavy atom. The summed E-state index contributed by atoms with van der Waals surface area (Å²) in [6, 6.07) is 11.0. The van der Waals surface area contributed by atoms with E-state index in [4.69, 9.17) is 0 Å². The van der Waals surface area contributed by atoms with Crippen molar-refractivity contribution < 1.29 is 9.85 Å². The van der Waals surface area contributed by atoms with Crippen molar-refractivity contribution in [3.63, 3.8) is 0 Å². The van der Waals surface area contributed by atoms with Crippen LogP contribution in [0.1, 0.15) is 0 Å². The number of fused-ring (bicyclic) bond motifs is 2. The molecule has 11 heteroatoms. The van der Waals surface area contributed by atoms with E-state index in [2.05, 4.69) is 4.98 Å². The first-order valence-corrected chi connectivity index (χ1v) is 8.23. The molecule has 0 aliphatic carbocycles. The van der Waals surface area contributed by atoms with Gasteiger partial charge < -0.3 is 0 Å². The number of rotatable bonds is 3. The number of hydrogen-bond acceptors (Lipinski definition) is 7. The molecule has 2 heterocycles. The second kappa shape index (κ2) is 6.34. The van der Waals surface area contributed by atoms with Crippen LogP contribution in [0.2, 0.25) is 0 Å². The van der Waals surface area contributed by atoms with Crippen LogP contribution in [-0.2, 0) is 7.05 Å². The maximum atomic E-state index is 12.6. The molecular weight excluding hydrogens is 382 g/mol. The summed E-state index contributed by atoms with van der Waals surface area (Å²) < 4.78 is 2.23. The maximum absolute atomic E-state index is 12.6. The third kappa shape index (κ3) is 2.81. The Morgan fingerprint density at radius 2 is 1.62 bits per heavy atom. The lowest BCUT2D eigenvalue weighted by Gasteiger charge is -2.18. The number of pyridine rings is 1. The molecule has 0 amide bonds. The van der Waals surface area contributed by atoms with E-state index < -0.39 is 21.1 Å². The highest BCUT2D eigenvalue weighted by atomic mass is 16.6. The van der Waals surface area contributed by atoms with Crippen LogP contribution in [0.4, 0.5) is 11.4 Å². The number of nitro benzene ring substituents is 2. The van der Waals surface area contributed by atoms with Gasteiger partial charge in [0.05, 0.1) is 26.6 Å². The number of nitro groups is 2. The molecule has 2 aromatic rings. The summed E-state index contributed by atoms with van der Waals surface area (Å²) >= 11 is 0. The molecule has 11 nitrogen and oxygen atoms in total. The van der Waals surface area contributed by atoms with E-state index in [-0.39, 0.29) is 28.5 Å². The average Bonchev–Trinajstić information content (AvgIpc) is 2.70. The molecule has 0 atom stereocenters. The van der Waals surface area contributed by atoms with Crippen molar-refractivity contribution in [2.24, 2.45) is 7.05 Å². The number of benzene rings is 2. The molecule has 29 heavy (non-hydrogen) atoms. The number of hydrogen-bond donors (Lipinski definition) is 0. The first kappa shape index (κ1) is 18.0. The van der Waals surface area contributed by atoms with E-state index in [0.717, 1.165) is 4.57 Å². The molecule has 0 spiro atoms.